The normalized spacial score (nSPS) is 39.3. The predicted molar refractivity (Wildman–Crippen MR) is 76.0 cm³/mol. The van der Waals surface area contributed by atoms with E-state index < -0.39 is 0 Å². The van der Waals surface area contributed by atoms with Gasteiger partial charge >= 0.3 is 0 Å². The van der Waals surface area contributed by atoms with Crippen molar-refractivity contribution in [2.24, 2.45) is 23.5 Å². The molecule has 0 aromatic heterocycles. The van der Waals surface area contributed by atoms with Gasteiger partial charge in [-0.1, -0.05) is 12.8 Å². The zero-order valence-corrected chi connectivity index (χ0v) is 12.1. The van der Waals surface area contributed by atoms with Gasteiger partial charge in [-0.2, -0.15) is 0 Å². The van der Waals surface area contributed by atoms with Crippen LogP contribution >= 0.6 is 0 Å². The maximum absolute atomic E-state index is 6.19. The number of rotatable bonds is 2. The van der Waals surface area contributed by atoms with Crippen molar-refractivity contribution in [2.75, 3.05) is 26.4 Å². The zero-order chi connectivity index (χ0) is 13.1. The third-order valence-corrected chi connectivity index (χ3v) is 5.81. The van der Waals surface area contributed by atoms with E-state index in [9.17, 15) is 0 Å². The molecule has 2 aliphatic heterocycles. The summed E-state index contributed by atoms with van der Waals surface area (Å²) in [5.41, 5.74) is 6.17. The lowest BCUT2D eigenvalue weighted by Gasteiger charge is -2.47. The SMILES string of the molecule is NCC1CCCCC1C1CCOC2(CCOCC2)C1. The third kappa shape index (κ3) is 2.98. The molecule has 2 N–H and O–H groups in total. The third-order valence-electron chi connectivity index (χ3n) is 5.81. The topological polar surface area (TPSA) is 44.5 Å². The number of hydrogen-bond acceptors (Lipinski definition) is 3. The summed E-state index contributed by atoms with van der Waals surface area (Å²) in [5, 5.41) is 0. The average molecular weight is 267 g/mol. The molecule has 3 rings (SSSR count). The lowest BCUT2D eigenvalue weighted by molar-refractivity contribution is -0.156. The van der Waals surface area contributed by atoms with Crippen LogP contribution in [0, 0.1) is 17.8 Å². The molecule has 0 bridgehead atoms. The minimum atomic E-state index is 0.151. The van der Waals surface area contributed by atoms with Gasteiger partial charge in [0.1, 0.15) is 0 Å². The van der Waals surface area contributed by atoms with Crippen LogP contribution in [0.25, 0.3) is 0 Å². The molecule has 19 heavy (non-hydrogen) atoms. The molecule has 1 spiro atoms. The fraction of sp³-hybridized carbons (Fsp3) is 1.00. The standard InChI is InChI=1S/C16H29NO2/c17-12-14-3-1-2-4-15(14)13-5-8-19-16(11-13)6-9-18-10-7-16/h13-15H,1-12,17H2. The highest BCUT2D eigenvalue weighted by molar-refractivity contribution is 4.93. The van der Waals surface area contributed by atoms with Crippen molar-refractivity contribution in [1.82, 2.24) is 0 Å². The van der Waals surface area contributed by atoms with Gasteiger partial charge in [0.15, 0.2) is 0 Å². The van der Waals surface area contributed by atoms with E-state index >= 15 is 0 Å². The van der Waals surface area contributed by atoms with Crippen LogP contribution in [0.3, 0.4) is 0 Å². The van der Waals surface area contributed by atoms with Crippen LogP contribution in [0.5, 0.6) is 0 Å². The summed E-state index contributed by atoms with van der Waals surface area (Å²) in [6.07, 6.45) is 10.3. The van der Waals surface area contributed by atoms with Crippen LogP contribution in [0.2, 0.25) is 0 Å². The minimum Gasteiger partial charge on any atom is -0.381 e. The summed E-state index contributed by atoms with van der Waals surface area (Å²) in [5.74, 6) is 2.48. The van der Waals surface area contributed by atoms with Gasteiger partial charge in [0.05, 0.1) is 5.60 Å². The second-order valence-corrected chi connectivity index (χ2v) is 6.84. The Bertz CT molecular complexity index is 283. The zero-order valence-electron chi connectivity index (χ0n) is 12.1. The Morgan fingerprint density at radius 1 is 1.00 bits per heavy atom. The highest BCUT2D eigenvalue weighted by Crippen LogP contribution is 2.45. The Balaban J connectivity index is 1.66. The molecule has 3 atom stereocenters. The van der Waals surface area contributed by atoms with Gasteiger partial charge in [-0.25, -0.2) is 0 Å². The summed E-state index contributed by atoms with van der Waals surface area (Å²) in [6, 6.07) is 0. The van der Waals surface area contributed by atoms with Crippen molar-refractivity contribution in [3.63, 3.8) is 0 Å². The molecule has 110 valence electrons. The van der Waals surface area contributed by atoms with Crippen LogP contribution < -0.4 is 5.73 Å². The highest BCUT2D eigenvalue weighted by atomic mass is 16.5. The number of hydrogen-bond donors (Lipinski definition) is 1. The van der Waals surface area contributed by atoms with Gasteiger partial charge in [0.2, 0.25) is 0 Å². The van der Waals surface area contributed by atoms with Crippen LogP contribution in [-0.4, -0.2) is 32.0 Å². The van der Waals surface area contributed by atoms with Crippen molar-refractivity contribution in [1.29, 1.82) is 0 Å². The fourth-order valence-corrected chi connectivity index (χ4v) is 4.67. The smallest absolute Gasteiger partial charge is 0.0729 e. The molecule has 3 nitrogen and oxygen atoms in total. The molecule has 1 aliphatic carbocycles. The second-order valence-electron chi connectivity index (χ2n) is 6.84. The van der Waals surface area contributed by atoms with Crippen molar-refractivity contribution in [3.05, 3.63) is 0 Å². The van der Waals surface area contributed by atoms with E-state index in [-0.39, 0.29) is 5.60 Å². The minimum absolute atomic E-state index is 0.151. The van der Waals surface area contributed by atoms with Gasteiger partial charge in [0, 0.05) is 19.8 Å². The molecule has 0 radical (unpaired) electrons. The predicted octanol–water partition coefficient (Wildman–Crippen LogP) is 2.73. The van der Waals surface area contributed by atoms with Crippen LogP contribution in [-0.2, 0) is 9.47 Å². The van der Waals surface area contributed by atoms with Gasteiger partial charge < -0.3 is 15.2 Å². The number of nitrogens with two attached hydrogens (primary N) is 1. The summed E-state index contributed by atoms with van der Waals surface area (Å²) in [6.45, 7) is 3.62. The summed E-state index contributed by atoms with van der Waals surface area (Å²) in [7, 11) is 0. The maximum Gasteiger partial charge on any atom is 0.0729 e. The Kier molecular flexibility index (Phi) is 4.45. The molecule has 0 amide bonds. The van der Waals surface area contributed by atoms with Crippen LogP contribution in [0.1, 0.15) is 51.4 Å². The first-order valence-corrected chi connectivity index (χ1v) is 8.25. The van der Waals surface area contributed by atoms with E-state index in [4.69, 9.17) is 15.2 Å². The lowest BCUT2D eigenvalue weighted by Crippen LogP contribution is -2.47. The maximum atomic E-state index is 6.19. The van der Waals surface area contributed by atoms with E-state index in [1.807, 2.05) is 0 Å². The Hall–Kier alpha value is -0.120. The Labute approximate surface area is 117 Å². The number of ether oxygens (including phenoxy) is 2. The van der Waals surface area contributed by atoms with E-state index in [0.29, 0.717) is 0 Å². The molecule has 3 heteroatoms. The van der Waals surface area contributed by atoms with Gasteiger partial charge in [0.25, 0.3) is 0 Å². The summed E-state index contributed by atoms with van der Waals surface area (Å²) < 4.78 is 11.7. The molecular formula is C16H29NO2. The van der Waals surface area contributed by atoms with E-state index in [1.54, 1.807) is 0 Å². The molecule has 1 saturated carbocycles. The van der Waals surface area contributed by atoms with Gasteiger partial charge in [-0.05, 0) is 62.8 Å². The Morgan fingerprint density at radius 2 is 1.79 bits per heavy atom. The second kappa shape index (κ2) is 6.11. The van der Waals surface area contributed by atoms with Crippen LogP contribution in [0.15, 0.2) is 0 Å². The molecule has 3 unspecified atom stereocenters. The molecule has 3 fully saturated rings. The van der Waals surface area contributed by atoms with Gasteiger partial charge in [-0.3, -0.25) is 0 Å². The molecule has 3 aliphatic rings. The first kappa shape index (κ1) is 13.8. The van der Waals surface area contributed by atoms with Gasteiger partial charge in [-0.15, -0.1) is 0 Å². The lowest BCUT2D eigenvalue weighted by atomic mass is 9.66. The average Bonchev–Trinajstić information content (AvgIpc) is 2.48. The van der Waals surface area contributed by atoms with Crippen LogP contribution in [0.4, 0.5) is 0 Å². The largest absolute Gasteiger partial charge is 0.381 e. The highest BCUT2D eigenvalue weighted by Gasteiger charge is 2.42. The van der Waals surface area contributed by atoms with E-state index in [2.05, 4.69) is 0 Å². The molecule has 2 heterocycles. The van der Waals surface area contributed by atoms with Crippen molar-refractivity contribution in [3.8, 4) is 0 Å². The van der Waals surface area contributed by atoms with Crippen molar-refractivity contribution >= 4 is 0 Å². The molecule has 2 saturated heterocycles. The summed E-state index contributed by atoms with van der Waals surface area (Å²) >= 11 is 0. The van der Waals surface area contributed by atoms with Crippen molar-refractivity contribution in [2.45, 2.75) is 57.0 Å². The Morgan fingerprint density at radius 3 is 2.58 bits per heavy atom. The fourth-order valence-electron chi connectivity index (χ4n) is 4.67. The van der Waals surface area contributed by atoms with Crippen molar-refractivity contribution < 1.29 is 9.47 Å². The first-order valence-electron chi connectivity index (χ1n) is 8.25. The quantitative estimate of drug-likeness (QED) is 0.836. The molecular weight excluding hydrogens is 238 g/mol. The molecule has 0 aromatic rings. The molecule has 0 aromatic carbocycles. The van der Waals surface area contributed by atoms with E-state index in [0.717, 1.165) is 57.0 Å². The monoisotopic (exact) mass is 267 g/mol. The summed E-state index contributed by atoms with van der Waals surface area (Å²) in [4.78, 5) is 0. The van der Waals surface area contributed by atoms with E-state index in [1.165, 1.54) is 38.5 Å². The first-order chi connectivity index (χ1) is 9.33.